The summed E-state index contributed by atoms with van der Waals surface area (Å²) < 4.78 is 5.20. The van der Waals surface area contributed by atoms with Crippen LogP contribution in [-0.2, 0) is 4.79 Å². The minimum absolute atomic E-state index is 0.0233. The predicted octanol–water partition coefficient (Wildman–Crippen LogP) is 1.69. The Kier molecular flexibility index (Phi) is 5.79. The molecule has 2 aromatic rings. The summed E-state index contributed by atoms with van der Waals surface area (Å²) >= 11 is 5.94. The molecule has 1 saturated heterocycles. The van der Waals surface area contributed by atoms with E-state index in [2.05, 4.69) is 22.3 Å². The van der Waals surface area contributed by atoms with Gasteiger partial charge in [-0.1, -0.05) is 17.7 Å². The number of amides is 1. The monoisotopic (exact) mass is 360 g/mol. The van der Waals surface area contributed by atoms with Crippen LogP contribution in [0.15, 0.2) is 48.5 Å². The number of piperazine rings is 1. The van der Waals surface area contributed by atoms with Gasteiger partial charge in [0.25, 0.3) is 5.91 Å². The fourth-order valence-electron chi connectivity index (χ4n) is 3.05. The SMILES string of the molecule is COc1ccc(N2CC[NH+](CC(=O)Nc3cccc(Cl)c3)CC2)cc1. The van der Waals surface area contributed by atoms with Crippen molar-refractivity contribution in [3.63, 3.8) is 0 Å². The molecule has 1 aliphatic heterocycles. The Morgan fingerprint density at radius 3 is 2.56 bits per heavy atom. The molecule has 0 aromatic heterocycles. The van der Waals surface area contributed by atoms with E-state index in [1.165, 1.54) is 10.6 Å². The Morgan fingerprint density at radius 1 is 1.20 bits per heavy atom. The molecule has 0 atom stereocenters. The molecule has 0 radical (unpaired) electrons. The van der Waals surface area contributed by atoms with Crippen molar-refractivity contribution in [1.82, 2.24) is 0 Å². The van der Waals surface area contributed by atoms with Gasteiger partial charge in [-0.15, -0.1) is 0 Å². The number of nitrogens with zero attached hydrogens (tertiary/aromatic N) is 1. The second-order valence-electron chi connectivity index (χ2n) is 6.17. The van der Waals surface area contributed by atoms with Crippen LogP contribution in [0.5, 0.6) is 5.75 Å². The van der Waals surface area contributed by atoms with E-state index < -0.39 is 0 Å². The Bertz CT molecular complexity index is 713. The number of hydrogen-bond donors (Lipinski definition) is 2. The van der Waals surface area contributed by atoms with E-state index >= 15 is 0 Å². The van der Waals surface area contributed by atoms with Gasteiger partial charge in [-0.05, 0) is 42.5 Å². The fraction of sp³-hybridized carbons (Fsp3) is 0.316. The van der Waals surface area contributed by atoms with Gasteiger partial charge in [-0.25, -0.2) is 0 Å². The lowest BCUT2D eigenvalue weighted by Gasteiger charge is -2.33. The number of quaternary nitrogens is 1. The van der Waals surface area contributed by atoms with Crippen molar-refractivity contribution in [2.75, 3.05) is 50.1 Å². The van der Waals surface area contributed by atoms with Crippen molar-refractivity contribution in [3.8, 4) is 5.75 Å². The highest BCUT2D eigenvalue weighted by Crippen LogP contribution is 2.19. The molecule has 0 bridgehead atoms. The normalized spacial score (nSPS) is 15.0. The van der Waals surface area contributed by atoms with Crippen LogP contribution in [0.2, 0.25) is 5.02 Å². The zero-order valence-corrected chi connectivity index (χ0v) is 15.1. The standard InChI is InChI=1S/C19H22ClN3O2/c1-25-18-7-5-17(6-8-18)23-11-9-22(10-12-23)14-19(24)21-16-4-2-3-15(20)13-16/h2-8,13H,9-12,14H2,1H3,(H,21,24)/p+1. The Labute approximate surface area is 153 Å². The van der Waals surface area contributed by atoms with Crippen LogP contribution in [0.4, 0.5) is 11.4 Å². The average molecular weight is 361 g/mol. The maximum absolute atomic E-state index is 12.2. The largest absolute Gasteiger partial charge is 0.497 e. The molecular formula is C19H23ClN3O2+. The van der Waals surface area contributed by atoms with E-state index in [1.54, 1.807) is 19.2 Å². The van der Waals surface area contributed by atoms with Crippen molar-refractivity contribution in [2.24, 2.45) is 0 Å². The van der Waals surface area contributed by atoms with Gasteiger partial charge < -0.3 is 19.9 Å². The minimum atomic E-state index is 0.0233. The first-order chi connectivity index (χ1) is 12.1. The summed E-state index contributed by atoms with van der Waals surface area (Å²) in [7, 11) is 1.67. The van der Waals surface area contributed by atoms with E-state index in [9.17, 15) is 4.79 Å². The average Bonchev–Trinajstić information content (AvgIpc) is 2.62. The summed E-state index contributed by atoms with van der Waals surface area (Å²) in [6.07, 6.45) is 0. The van der Waals surface area contributed by atoms with Crippen LogP contribution in [0.3, 0.4) is 0 Å². The Balaban J connectivity index is 1.47. The molecule has 1 amide bonds. The van der Waals surface area contributed by atoms with E-state index in [0.29, 0.717) is 11.6 Å². The second kappa shape index (κ2) is 8.23. The summed E-state index contributed by atoms with van der Waals surface area (Å²) in [5, 5.41) is 3.54. The topological polar surface area (TPSA) is 46.0 Å². The number of anilines is 2. The predicted molar refractivity (Wildman–Crippen MR) is 101 cm³/mol. The molecule has 0 unspecified atom stereocenters. The molecule has 2 N–H and O–H groups in total. The summed E-state index contributed by atoms with van der Waals surface area (Å²) in [5.74, 6) is 0.890. The molecule has 1 heterocycles. The highest BCUT2D eigenvalue weighted by molar-refractivity contribution is 6.30. The molecule has 3 rings (SSSR count). The molecule has 0 aliphatic carbocycles. The summed E-state index contributed by atoms with van der Waals surface area (Å²) in [6.45, 7) is 4.23. The molecule has 25 heavy (non-hydrogen) atoms. The minimum Gasteiger partial charge on any atom is -0.497 e. The first kappa shape index (κ1) is 17.6. The van der Waals surface area contributed by atoms with Crippen LogP contribution >= 0.6 is 11.6 Å². The van der Waals surface area contributed by atoms with E-state index in [-0.39, 0.29) is 5.91 Å². The van der Waals surface area contributed by atoms with E-state index in [0.717, 1.165) is 37.6 Å². The highest BCUT2D eigenvalue weighted by atomic mass is 35.5. The molecule has 1 aliphatic rings. The smallest absolute Gasteiger partial charge is 0.279 e. The zero-order valence-electron chi connectivity index (χ0n) is 14.3. The Morgan fingerprint density at radius 2 is 1.92 bits per heavy atom. The van der Waals surface area contributed by atoms with Crippen LogP contribution in [0.1, 0.15) is 0 Å². The number of nitrogens with one attached hydrogen (secondary N) is 2. The second-order valence-corrected chi connectivity index (χ2v) is 6.61. The third-order valence-corrected chi connectivity index (χ3v) is 4.66. The lowest BCUT2D eigenvalue weighted by atomic mass is 10.2. The highest BCUT2D eigenvalue weighted by Gasteiger charge is 2.22. The van der Waals surface area contributed by atoms with Crippen LogP contribution in [0.25, 0.3) is 0 Å². The molecular weight excluding hydrogens is 338 g/mol. The maximum atomic E-state index is 12.2. The number of ether oxygens (including phenoxy) is 1. The summed E-state index contributed by atoms with van der Waals surface area (Å²) in [4.78, 5) is 15.9. The molecule has 1 fully saturated rings. The zero-order chi connectivity index (χ0) is 17.6. The third-order valence-electron chi connectivity index (χ3n) is 4.43. The van der Waals surface area contributed by atoms with E-state index in [4.69, 9.17) is 16.3 Å². The van der Waals surface area contributed by atoms with Gasteiger partial charge in [0.15, 0.2) is 6.54 Å². The van der Waals surface area contributed by atoms with Crippen molar-refractivity contribution >= 4 is 28.9 Å². The molecule has 0 saturated carbocycles. The first-order valence-electron chi connectivity index (χ1n) is 8.42. The van der Waals surface area contributed by atoms with Gasteiger partial charge in [-0.3, -0.25) is 4.79 Å². The summed E-state index contributed by atoms with van der Waals surface area (Å²) in [6, 6.07) is 15.3. The fourth-order valence-corrected chi connectivity index (χ4v) is 3.24. The maximum Gasteiger partial charge on any atom is 0.279 e. The first-order valence-corrected chi connectivity index (χ1v) is 8.80. The lowest BCUT2D eigenvalue weighted by Crippen LogP contribution is -3.15. The quantitative estimate of drug-likeness (QED) is 0.853. The van der Waals surface area contributed by atoms with Gasteiger partial charge in [0.1, 0.15) is 5.75 Å². The van der Waals surface area contributed by atoms with Crippen LogP contribution in [0, 0.1) is 0 Å². The van der Waals surface area contributed by atoms with Gasteiger partial charge >= 0.3 is 0 Å². The van der Waals surface area contributed by atoms with Gasteiger partial charge in [0.05, 0.1) is 33.3 Å². The number of hydrogen-bond acceptors (Lipinski definition) is 3. The Hall–Kier alpha value is -2.24. The number of rotatable bonds is 5. The van der Waals surface area contributed by atoms with Gasteiger partial charge in [-0.2, -0.15) is 0 Å². The number of halogens is 1. The van der Waals surface area contributed by atoms with E-state index in [1.807, 2.05) is 24.3 Å². The van der Waals surface area contributed by atoms with Gasteiger partial charge in [0, 0.05) is 16.4 Å². The van der Waals surface area contributed by atoms with Crippen molar-refractivity contribution < 1.29 is 14.4 Å². The third kappa shape index (κ3) is 4.87. The number of benzene rings is 2. The molecule has 6 heteroatoms. The van der Waals surface area contributed by atoms with Crippen molar-refractivity contribution in [3.05, 3.63) is 53.6 Å². The van der Waals surface area contributed by atoms with Gasteiger partial charge in [0.2, 0.25) is 0 Å². The molecule has 5 nitrogen and oxygen atoms in total. The van der Waals surface area contributed by atoms with Crippen molar-refractivity contribution in [2.45, 2.75) is 0 Å². The number of carbonyl (C=O) groups excluding carboxylic acids is 1. The summed E-state index contributed by atoms with van der Waals surface area (Å²) in [5.41, 5.74) is 1.94. The molecule has 132 valence electrons. The lowest BCUT2D eigenvalue weighted by molar-refractivity contribution is -0.892. The van der Waals surface area contributed by atoms with Crippen molar-refractivity contribution in [1.29, 1.82) is 0 Å². The van der Waals surface area contributed by atoms with Crippen LogP contribution in [-0.4, -0.2) is 45.7 Å². The number of carbonyl (C=O) groups is 1. The molecule has 0 spiro atoms. The van der Waals surface area contributed by atoms with Crippen LogP contribution < -0.4 is 19.9 Å². The number of methoxy groups -OCH3 is 1. The molecule has 2 aromatic carbocycles.